The minimum absolute atomic E-state index is 0. The summed E-state index contributed by atoms with van der Waals surface area (Å²) in [5.41, 5.74) is 9.81. The van der Waals surface area contributed by atoms with Gasteiger partial charge in [0.2, 0.25) is 0 Å². The van der Waals surface area contributed by atoms with Crippen molar-refractivity contribution in [3.05, 3.63) is 6.57 Å². The first-order chi connectivity index (χ1) is 2.91. The first-order valence-electron chi connectivity index (χ1n) is 1.54. The Bertz CT molecular complexity index is 31.0. The Kier molecular flexibility index (Phi) is 153. The molecule has 0 amide bonds. The minimum Gasteiger partial charge on any atom is -0.512 e. The summed E-state index contributed by atoms with van der Waals surface area (Å²) in [7, 11) is 0. The predicted octanol–water partition coefficient (Wildman–Crippen LogP) is -1.00. The van der Waals surface area contributed by atoms with Gasteiger partial charge in [-0.15, -0.1) is 0 Å². The monoisotopic (exact) mass is 205 g/mol. The van der Waals surface area contributed by atoms with Crippen LogP contribution in [0.1, 0.15) is 0 Å². The summed E-state index contributed by atoms with van der Waals surface area (Å²) in [5.74, 6) is 0. The van der Waals surface area contributed by atoms with E-state index in [0.29, 0.717) is 13.1 Å². The van der Waals surface area contributed by atoms with Gasteiger partial charge in [-0.25, -0.2) is 0 Å². The third-order valence-corrected chi connectivity index (χ3v) is 0.167. The van der Waals surface area contributed by atoms with E-state index in [9.17, 15) is 0 Å². The maximum Gasteiger partial charge on any atom is 0.00461 e. The van der Waals surface area contributed by atoms with Crippen LogP contribution in [0.25, 0.3) is 0 Å². The first kappa shape index (κ1) is 23.7. The Morgan fingerprint density at radius 2 is 1.25 bits per heavy atom. The standard InChI is InChI=1S/C2H8N2.CN.Cu.Fe/c3-1-2-4;1-2;;/h1-4H2;;;/q;-1;;. The zero-order chi connectivity index (χ0) is 5.41. The molecule has 0 fully saturated rings. The number of nitrogens with zero attached hydrogens (tertiary/aromatic N) is 1. The summed E-state index contributed by atoms with van der Waals surface area (Å²) < 4.78 is 0. The van der Waals surface area contributed by atoms with E-state index in [2.05, 4.69) is 0 Å². The Morgan fingerprint density at radius 1 is 1.12 bits per heavy atom. The van der Waals surface area contributed by atoms with Crippen molar-refractivity contribution >= 4 is 0 Å². The van der Waals surface area contributed by atoms with Crippen molar-refractivity contribution in [3.63, 3.8) is 0 Å². The van der Waals surface area contributed by atoms with Gasteiger partial charge in [0, 0.05) is 47.2 Å². The second-order valence-corrected chi connectivity index (χ2v) is 0.577. The van der Waals surface area contributed by atoms with E-state index in [1.165, 1.54) is 0 Å². The number of hydrogen-bond donors (Lipinski definition) is 2. The Balaban J connectivity index is -0.0000000183. The van der Waals surface area contributed by atoms with E-state index in [4.69, 9.17) is 23.3 Å². The molecule has 55 valence electrons. The van der Waals surface area contributed by atoms with E-state index in [0.717, 1.165) is 0 Å². The molecule has 3 nitrogen and oxygen atoms in total. The number of hydrogen-bond acceptors (Lipinski definition) is 3. The predicted molar refractivity (Wildman–Crippen MR) is 23.1 cm³/mol. The zero-order valence-electron chi connectivity index (χ0n) is 4.17. The third-order valence-electron chi connectivity index (χ3n) is 0.167. The van der Waals surface area contributed by atoms with Crippen molar-refractivity contribution in [3.8, 4) is 0 Å². The van der Waals surface area contributed by atoms with Crippen LogP contribution in [0.3, 0.4) is 0 Å². The van der Waals surface area contributed by atoms with Crippen LogP contribution in [0.5, 0.6) is 0 Å². The van der Waals surface area contributed by atoms with Gasteiger partial charge >= 0.3 is 0 Å². The summed E-state index contributed by atoms with van der Waals surface area (Å²) in [6.07, 6.45) is 0. The average Bonchev–Trinajstić information content (AvgIpc) is 1.72. The van der Waals surface area contributed by atoms with Gasteiger partial charge in [0.05, 0.1) is 0 Å². The topological polar surface area (TPSA) is 75.8 Å². The van der Waals surface area contributed by atoms with Gasteiger partial charge in [0.1, 0.15) is 0 Å². The molecule has 5 heteroatoms. The molecule has 0 saturated carbocycles. The maximum absolute atomic E-state index is 6.25. The van der Waals surface area contributed by atoms with Crippen LogP contribution in [0, 0.1) is 11.8 Å². The molecule has 4 N–H and O–H groups in total. The van der Waals surface area contributed by atoms with Gasteiger partial charge in [-0.05, 0) is 0 Å². The van der Waals surface area contributed by atoms with Crippen LogP contribution in [-0.4, -0.2) is 13.1 Å². The van der Waals surface area contributed by atoms with Gasteiger partial charge in [-0.2, -0.15) is 0 Å². The average molecular weight is 206 g/mol. The Morgan fingerprint density at radius 3 is 1.25 bits per heavy atom. The smallest absolute Gasteiger partial charge is 0.00461 e. The van der Waals surface area contributed by atoms with Crippen LogP contribution in [0.2, 0.25) is 0 Å². The van der Waals surface area contributed by atoms with E-state index in [1.807, 2.05) is 0 Å². The Hall–Kier alpha value is 0.449. The summed E-state index contributed by atoms with van der Waals surface area (Å²) in [4.78, 5) is 0. The SMILES string of the molecule is NCCN.[C-]#N.[Cu].[Fe]. The molecule has 0 saturated heterocycles. The van der Waals surface area contributed by atoms with Crippen molar-refractivity contribution in [2.24, 2.45) is 11.5 Å². The molecule has 0 heterocycles. The van der Waals surface area contributed by atoms with E-state index in [1.54, 1.807) is 0 Å². The molecule has 0 aromatic carbocycles. The fourth-order valence-corrected chi connectivity index (χ4v) is 0. The van der Waals surface area contributed by atoms with Crippen LogP contribution in [-0.2, 0) is 34.1 Å². The quantitative estimate of drug-likeness (QED) is 0.426. The van der Waals surface area contributed by atoms with Crippen molar-refractivity contribution in [2.45, 2.75) is 0 Å². The molecule has 8 heavy (non-hydrogen) atoms. The van der Waals surface area contributed by atoms with Gasteiger partial charge in [0.15, 0.2) is 0 Å². The van der Waals surface area contributed by atoms with Crippen molar-refractivity contribution in [2.75, 3.05) is 13.1 Å². The molecule has 0 aromatic rings. The molecule has 0 atom stereocenters. The van der Waals surface area contributed by atoms with Crippen LogP contribution >= 0.6 is 0 Å². The molecule has 0 spiro atoms. The molecule has 0 bridgehead atoms. The summed E-state index contributed by atoms with van der Waals surface area (Å²) in [6.45, 7) is 5.94. The van der Waals surface area contributed by atoms with Gasteiger partial charge in [0.25, 0.3) is 0 Å². The van der Waals surface area contributed by atoms with Crippen molar-refractivity contribution in [1.82, 2.24) is 0 Å². The first-order valence-corrected chi connectivity index (χ1v) is 1.54. The normalized spacial score (nSPS) is 4.00. The van der Waals surface area contributed by atoms with Crippen LogP contribution < -0.4 is 11.5 Å². The molecule has 0 unspecified atom stereocenters. The molecular weight excluding hydrogens is 197 g/mol. The second-order valence-electron chi connectivity index (χ2n) is 0.577. The van der Waals surface area contributed by atoms with E-state index in [-0.39, 0.29) is 34.1 Å². The minimum atomic E-state index is 0. The second kappa shape index (κ2) is 51.7. The van der Waals surface area contributed by atoms with E-state index >= 15 is 0 Å². The molecule has 0 aromatic heterocycles. The molecule has 0 aliphatic carbocycles. The molecule has 0 rings (SSSR count). The number of nitrogens with two attached hydrogens (primary N) is 2. The third kappa shape index (κ3) is 91.2. The van der Waals surface area contributed by atoms with Gasteiger partial charge < -0.3 is 23.3 Å². The van der Waals surface area contributed by atoms with Crippen molar-refractivity contribution in [1.29, 1.82) is 5.26 Å². The van der Waals surface area contributed by atoms with Crippen LogP contribution in [0.15, 0.2) is 0 Å². The number of rotatable bonds is 1. The molecule has 0 aliphatic rings. The molecule has 0 aliphatic heterocycles. The van der Waals surface area contributed by atoms with Crippen LogP contribution in [0.4, 0.5) is 0 Å². The van der Waals surface area contributed by atoms with E-state index < -0.39 is 0 Å². The largest absolute Gasteiger partial charge is 0.512 e. The fourth-order valence-electron chi connectivity index (χ4n) is 0. The maximum atomic E-state index is 6.25. The fraction of sp³-hybridized carbons (Fsp3) is 0.667. The van der Waals surface area contributed by atoms with Crippen molar-refractivity contribution < 1.29 is 34.1 Å². The summed E-state index contributed by atoms with van der Waals surface area (Å²) >= 11 is 0. The molecule has 1 radical (unpaired) electrons. The molecular formula is C3H8CuFeN3-. The van der Waals surface area contributed by atoms with Gasteiger partial charge in [-0.3, -0.25) is 0 Å². The zero-order valence-corrected chi connectivity index (χ0v) is 6.22. The summed E-state index contributed by atoms with van der Waals surface area (Å²) in [5, 5.41) is 6.25. The Labute approximate surface area is 70.7 Å². The van der Waals surface area contributed by atoms with Gasteiger partial charge in [-0.1, -0.05) is 0 Å². The summed E-state index contributed by atoms with van der Waals surface area (Å²) in [6, 6.07) is 0.